The molecule has 0 bridgehead atoms. The van der Waals surface area contributed by atoms with Crippen LogP contribution in [0.5, 0.6) is 0 Å². The van der Waals surface area contributed by atoms with Crippen LogP contribution in [0.1, 0.15) is 28.9 Å². The molecular weight excluding hydrogens is 355 g/mol. The first-order valence-electron chi connectivity index (χ1n) is 10.1. The summed E-state index contributed by atoms with van der Waals surface area (Å²) in [5, 5.41) is 0. The van der Waals surface area contributed by atoms with Crippen LogP contribution >= 0.6 is 0 Å². The van der Waals surface area contributed by atoms with Crippen molar-refractivity contribution in [1.82, 2.24) is 19.7 Å². The first-order chi connectivity index (χ1) is 13.5. The molecule has 0 spiro atoms. The summed E-state index contributed by atoms with van der Waals surface area (Å²) in [6, 6.07) is 10.7. The number of likely N-dealkylation sites (N-methyl/N-ethyl adjacent to an activating group) is 1. The molecule has 1 N–H and O–H groups in total. The molecule has 1 aromatic carbocycles. The van der Waals surface area contributed by atoms with Crippen molar-refractivity contribution in [1.29, 1.82) is 0 Å². The van der Waals surface area contributed by atoms with Crippen LogP contribution in [-0.4, -0.2) is 72.4 Å². The van der Waals surface area contributed by atoms with E-state index in [1.807, 2.05) is 43.3 Å². The number of amides is 1. The number of carbonyl (C=O) groups excluding carboxylic acids is 1. The van der Waals surface area contributed by atoms with Gasteiger partial charge in [0.2, 0.25) is 0 Å². The summed E-state index contributed by atoms with van der Waals surface area (Å²) in [4.78, 5) is 22.3. The van der Waals surface area contributed by atoms with Gasteiger partial charge in [-0.25, -0.2) is 4.39 Å². The van der Waals surface area contributed by atoms with E-state index >= 15 is 0 Å². The Labute approximate surface area is 167 Å². The first-order valence-corrected chi connectivity index (χ1v) is 10.1. The Balaban J connectivity index is 1.62. The average molecular weight is 387 g/mol. The highest BCUT2D eigenvalue weighted by Crippen LogP contribution is 2.21. The Kier molecular flexibility index (Phi) is 7.23. The number of rotatable bonds is 8. The molecule has 1 aromatic heterocycles. The molecule has 28 heavy (non-hydrogen) atoms. The van der Waals surface area contributed by atoms with E-state index in [2.05, 4.69) is 14.8 Å². The lowest BCUT2D eigenvalue weighted by Gasteiger charge is -2.36. The lowest BCUT2D eigenvalue weighted by Crippen LogP contribution is -2.44. The van der Waals surface area contributed by atoms with Gasteiger partial charge in [0, 0.05) is 44.5 Å². The van der Waals surface area contributed by atoms with Gasteiger partial charge in [-0.2, -0.15) is 0 Å². The van der Waals surface area contributed by atoms with E-state index in [0.29, 0.717) is 24.7 Å². The van der Waals surface area contributed by atoms with Gasteiger partial charge in [-0.3, -0.25) is 9.69 Å². The molecule has 0 saturated carbocycles. The normalized spacial score (nSPS) is 17.8. The second kappa shape index (κ2) is 9.85. The fourth-order valence-corrected chi connectivity index (χ4v) is 3.85. The molecule has 0 unspecified atom stereocenters. The summed E-state index contributed by atoms with van der Waals surface area (Å²) in [6.07, 6.45) is 3.97. The van der Waals surface area contributed by atoms with E-state index < -0.39 is 0 Å². The van der Waals surface area contributed by atoms with E-state index in [9.17, 15) is 9.18 Å². The van der Waals surface area contributed by atoms with Gasteiger partial charge in [0.1, 0.15) is 11.5 Å². The van der Waals surface area contributed by atoms with Crippen molar-refractivity contribution in [3.8, 4) is 0 Å². The number of carbonyl (C=O) groups is 1. The van der Waals surface area contributed by atoms with Gasteiger partial charge in [-0.15, -0.1) is 0 Å². The molecule has 2 heterocycles. The Bertz CT molecular complexity index is 747. The van der Waals surface area contributed by atoms with Crippen molar-refractivity contribution in [2.45, 2.75) is 19.4 Å². The van der Waals surface area contributed by atoms with Crippen LogP contribution in [0.4, 0.5) is 4.39 Å². The largest absolute Gasteiger partial charge is 0.357 e. The highest BCUT2D eigenvalue weighted by atomic mass is 19.1. The van der Waals surface area contributed by atoms with Crippen molar-refractivity contribution in [3.63, 3.8) is 0 Å². The maximum absolute atomic E-state index is 14.0. The predicted molar refractivity (Wildman–Crippen MR) is 110 cm³/mol. The molecule has 1 aliphatic heterocycles. The summed E-state index contributed by atoms with van der Waals surface area (Å²) in [7, 11) is 4.04. The maximum Gasteiger partial charge on any atom is 0.270 e. The summed E-state index contributed by atoms with van der Waals surface area (Å²) in [5.74, 6) is 0.318. The number of halogens is 1. The van der Waals surface area contributed by atoms with Crippen LogP contribution in [0.15, 0.2) is 42.6 Å². The molecule has 0 aliphatic carbocycles. The zero-order chi connectivity index (χ0) is 19.9. The highest BCUT2D eigenvalue weighted by molar-refractivity contribution is 5.92. The topological polar surface area (TPSA) is 42.6 Å². The molecule has 1 saturated heterocycles. The molecule has 1 fully saturated rings. The number of aromatic amines is 1. The fraction of sp³-hybridized carbons (Fsp3) is 0.500. The van der Waals surface area contributed by atoms with Gasteiger partial charge >= 0.3 is 0 Å². The summed E-state index contributed by atoms with van der Waals surface area (Å²) < 4.78 is 14.0. The number of likely N-dealkylation sites (tertiary alicyclic amines) is 1. The highest BCUT2D eigenvalue weighted by Gasteiger charge is 2.25. The van der Waals surface area contributed by atoms with Crippen LogP contribution < -0.4 is 0 Å². The minimum absolute atomic E-state index is 0.0538. The quantitative estimate of drug-likeness (QED) is 0.758. The SMILES string of the molecule is CN(C)CCN(C[C@@H]1CCCN(Cc2ccccc2F)C1)C(=O)c1ccc[nH]1. The van der Waals surface area contributed by atoms with Crippen molar-refractivity contribution in [2.75, 3.05) is 46.8 Å². The third-order valence-corrected chi connectivity index (χ3v) is 5.37. The zero-order valence-corrected chi connectivity index (χ0v) is 16.9. The van der Waals surface area contributed by atoms with E-state index in [1.54, 1.807) is 12.3 Å². The molecule has 2 aromatic rings. The standard InChI is InChI=1S/C22H31FN4O/c1-25(2)13-14-27(22(28)21-10-5-11-24-21)16-18-7-6-12-26(15-18)17-19-8-3-4-9-20(19)23/h3-5,8-11,18,24H,6-7,12-17H2,1-2H3/t18-/m1/s1. The molecule has 1 aliphatic rings. The van der Waals surface area contributed by atoms with Crippen LogP contribution in [-0.2, 0) is 6.54 Å². The molecule has 3 rings (SSSR count). The van der Waals surface area contributed by atoms with Crippen LogP contribution in [0.25, 0.3) is 0 Å². The Morgan fingerprint density at radius 1 is 1.21 bits per heavy atom. The third-order valence-electron chi connectivity index (χ3n) is 5.37. The summed E-state index contributed by atoms with van der Waals surface area (Å²) in [5.41, 5.74) is 1.38. The fourth-order valence-electron chi connectivity index (χ4n) is 3.85. The Hall–Kier alpha value is -2.18. The van der Waals surface area contributed by atoms with E-state index in [1.165, 1.54) is 6.07 Å². The molecule has 5 nitrogen and oxygen atoms in total. The van der Waals surface area contributed by atoms with Crippen LogP contribution in [0.2, 0.25) is 0 Å². The number of nitrogens with one attached hydrogen (secondary N) is 1. The number of aromatic nitrogens is 1. The van der Waals surface area contributed by atoms with Crippen LogP contribution in [0, 0.1) is 11.7 Å². The maximum atomic E-state index is 14.0. The summed E-state index contributed by atoms with van der Waals surface area (Å²) in [6.45, 7) is 4.77. The molecule has 6 heteroatoms. The number of hydrogen-bond acceptors (Lipinski definition) is 3. The third kappa shape index (κ3) is 5.66. The number of hydrogen-bond donors (Lipinski definition) is 1. The molecule has 1 amide bonds. The number of H-pyrrole nitrogens is 1. The molecule has 152 valence electrons. The van der Waals surface area contributed by atoms with E-state index in [4.69, 9.17) is 0 Å². The Morgan fingerprint density at radius 2 is 2.04 bits per heavy atom. The second-order valence-corrected chi connectivity index (χ2v) is 7.97. The molecule has 1 atom stereocenters. The number of nitrogens with zero attached hydrogens (tertiary/aromatic N) is 3. The van der Waals surface area contributed by atoms with Gasteiger partial charge in [0.25, 0.3) is 5.91 Å². The smallest absolute Gasteiger partial charge is 0.270 e. The number of benzene rings is 1. The summed E-state index contributed by atoms with van der Waals surface area (Å²) >= 11 is 0. The lowest BCUT2D eigenvalue weighted by molar-refractivity contribution is 0.0655. The minimum Gasteiger partial charge on any atom is -0.357 e. The predicted octanol–water partition coefficient (Wildman–Crippen LogP) is 3.07. The van der Waals surface area contributed by atoms with Crippen molar-refractivity contribution in [2.24, 2.45) is 5.92 Å². The number of piperidine rings is 1. The van der Waals surface area contributed by atoms with Gasteiger partial charge in [-0.05, 0) is 57.6 Å². The average Bonchev–Trinajstić information content (AvgIpc) is 3.21. The molecular formula is C22H31FN4O. The molecule has 0 radical (unpaired) electrons. The van der Waals surface area contributed by atoms with Gasteiger partial charge in [-0.1, -0.05) is 18.2 Å². The first kappa shape index (κ1) is 20.6. The van der Waals surface area contributed by atoms with Crippen molar-refractivity contribution >= 4 is 5.91 Å². The van der Waals surface area contributed by atoms with Gasteiger partial charge in [0.15, 0.2) is 0 Å². The van der Waals surface area contributed by atoms with Crippen molar-refractivity contribution < 1.29 is 9.18 Å². The van der Waals surface area contributed by atoms with Gasteiger partial charge in [0.05, 0.1) is 0 Å². The van der Waals surface area contributed by atoms with Crippen molar-refractivity contribution in [3.05, 3.63) is 59.7 Å². The second-order valence-electron chi connectivity index (χ2n) is 7.97. The zero-order valence-electron chi connectivity index (χ0n) is 16.9. The monoisotopic (exact) mass is 386 g/mol. The van der Waals surface area contributed by atoms with E-state index in [0.717, 1.165) is 44.6 Å². The van der Waals surface area contributed by atoms with Crippen LogP contribution in [0.3, 0.4) is 0 Å². The minimum atomic E-state index is -0.140. The lowest BCUT2D eigenvalue weighted by atomic mass is 9.96. The van der Waals surface area contributed by atoms with E-state index in [-0.39, 0.29) is 11.7 Å². The van der Waals surface area contributed by atoms with Gasteiger partial charge < -0.3 is 14.8 Å². The Morgan fingerprint density at radius 3 is 2.75 bits per heavy atom.